The van der Waals surface area contributed by atoms with Gasteiger partial charge in [0.2, 0.25) is 10.0 Å². The molecule has 3 saturated heterocycles. The van der Waals surface area contributed by atoms with E-state index in [1.54, 1.807) is 17.0 Å². The molecule has 0 aromatic heterocycles. The van der Waals surface area contributed by atoms with Crippen LogP contribution < -0.4 is 0 Å². The maximum absolute atomic E-state index is 12.8. The minimum absolute atomic E-state index is 0.0623. The third-order valence-electron chi connectivity index (χ3n) is 6.13. The van der Waals surface area contributed by atoms with Crippen LogP contribution in [0.4, 0.5) is 0 Å². The van der Waals surface area contributed by atoms with Crippen LogP contribution in [-0.4, -0.2) is 93.7 Å². The molecule has 29 heavy (non-hydrogen) atoms. The summed E-state index contributed by atoms with van der Waals surface area (Å²) >= 11 is 0. The summed E-state index contributed by atoms with van der Waals surface area (Å²) in [5.74, 6) is 0.353. The van der Waals surface area contributed by atoms with Crippen molar-refractivity contribution in [1.82, 2.24) is 14.1 Å². The number of hydrogen-bond acceptors (Lipinski definition) is 6. The second kappa shape index (κ2) is 7.98. The quantitative estimate of drug-likeness (QED) is 0.672. The smallest absolute Gasteiger partial charge is 0.253 e. The number of carbonyl (C=O) groups is 1. The van der Waals surface area contributed by atoms with Crippen LogP contribution in [0.15, 0.2) is 29.2 Å². The predicted octanol–water partition coefficient (Wildman–Crippen LogP) is 0.416. The lowest BCUT2D eigenvalue weighted by Gasteiger charge is -2.37. The van der Waals surface area contributed by atoms with E-state index < -0.39 is 19.9 Å². The number of sulfone groups is 1. The molecule has 1 aromatic carbocycles. The Bertz CT molecular complexity index is 962. The standard InChI is InChI=1S/C19H27N3O5S2/c23-19(21-12-10-20(11-13-21)17-7-14-28(24,25)15-17)16-3-5-18(6-4-16)29(26,27)22-8-1-2-9-22/h3-6,17H,1-2,7-15H2. The maximum Gasteiger partial charge on any atom is 0.253 e. The number of sulfonamides is 1. The molecule has 1 atom stereocenters. The topological polar surface area (TPSA) is 95.1 Å². The molecule has 4 rings (SSSR count). The monoisotopic (exact) mass is 441 g/mol. The fourth-order valence-electron chi connectivity index (χ4n) is 4.38. The van der Waals surface area contributed by atoms with Crippen molar-refractivity contribution >= 4 is 25.8 Å². The zero-order valence-electron chi connectivity index (χ0n) is 16.4. The third-order valence-corrected chi connectivity index (χ3v) is 9.79. The normalized spacial score (nSPS) is 26.1. The van der Waals surface area contributed by atoms with Crippen molar-refractivity contribution in [1.29, 1.82) is 0 Å². The summed E-state index contributed by atoms with van der Waals surface area (Å²) in [5.41, 5.74) is 0.474. The van der Waals surface area contributed by atoms with E-state index in [0.29, 0.717) is 51.3 Å². The van der Waals surface area contributed by atoms with Crippen LogP contribution in [0, 0.1) is 0 Å². The highest BCUT2D eigenvalue weighted by Crippen LogP contribution is 2.23. The minimum atomic E-state index is -3.48. The van der Waals surface area contributed by atoms with E-state index >= 15 is 0 Å². The molecule has 3 heterocycles. The summed E-state index contributed by atoms with van der Waals surface area (Å²) in [6.07, 6.45) is 2.44. The zero-order valence-corrected chi connectivity index (χ0v) is 18.0. The summed E-state index contributed by atoms with van der Waals surface area (Å²) in [7, 11) is -6.39. The van der Waals surface area contributed by atoms with Crippen molar-refractivity contribution in [3.8, 4) is 0 Å². The van der Waals surface area contributed by atoms with Crippen molar-refractivity contribution in [2.45, 2.75) is 30.2 Å². The van der Waals surface area contributed by atoms with Gasteiger partial charge in [0.1, 0.15) is 0 Å². The van der Waals surface area contributed by atoms with Crippen molar-refractivity contribution in [2.75, 3.05) is 50.8 Å². The number of nitrogens with zero attached hydrogens (tertiary/aromatic N) is 3. The lowest BCUT2D eigenvalue weighted by molar-refractivity contribution is 0.0587. The second-order valence-electron chi connectivity index (χ2n) is 8.02. The first kappa shape index (κ1) is 20.8. The highest BCUT2D eigenvalue weighted by atomic mass is 32.2. The van der Waals surface area contributed by atoms with Gasteiger partial charge in [0.25, 0.3) is 5.91 Å². The Hall–Kier alpha value is -1.49. The van der Waals surface area contributed by atoms with Crippen LogP contribution in [0.3, 0.4) is 0 Å². The van der Waals surface area contributed by atoms with E-state index in [-0.39, 0.29) is 28.4 Å². The third kappa shape index (κ3) is 4.35. The van der Waals surface area contributed by atoms with Gasteiger partial charge in [-0.1, -0.05) is 0 Å². The van der Waals surface area contributed by atoms with Gasteiger partial charge in [0.05, 0.1) is 16.4 Å². The van der Waals surface area contributed by atoms with E-state index in [0.717, 1.165) is 12.8 Å². The minimum Gasteiger partial charge on any atom is -0.336 e. The summed E-state index contributed by atoms with van der Waals surface area (Å²) in [6, 6.07) is 6.26. The zero-order chi connectivity index (χ0) is 20.6. The van der Waals surface area contributed by atoms with Crippen LogP contribution in [0.2, 0.25) is 0 Å². The first-order valence-electron chi connectivity index (χ1n) is 10.1. The number of amides is 1. The molecule has 0 aliphatic carbocycles. The van der Waals surface area contributed by atoms with Crippen molar-refractivity contribution in [3.63, 3.8) is 0 Å². The Balaban J connectivity index is 1.37. The van der Waals surface area contributed by atoms with Gasteiger partial charge in [-0.25, -0.2) is 16.8 Å². The van der Waals surface area contributed by atoms with Crippen molar-refractivity contribution in [3.05, 3.63) is 29.8 Å². The lowest BCUT2D eigenvalue weighted by atomic mass is 10.1. The highest BCUT2D eigenvalue weighted by molar-refractivity contribution is 7.91. The van der Waals surface area contributed by atoms with Crippen LogP contribution in [-0.2, 0) is 19.9 Å². The van der Waals surface area contributed by atoms with Gasteiger partial charge in [-0.3, -0.25) is 9.69 Å². The molecule has 0 saturated carbocycles. The predicted molar refractivity (Wildman–Crippen MR) is 109 cm³/mol. The second-order valence-corrected chi connectivity index (χ2v) is 12.2. The number of rotatable bonds is 4. The average Bonchev–Trinajstić information content (AvgIpc) is 3.38. The van der Waals surface area contributed by atoms with Crippen LogP contribution in [0.25, 0.3) is 0 Å². The maximum atomic E-state index is 12.8. The summed E-state index contributed by atoms with van der Waals surface area (Å²) in [5, 5.41) is 0. The molecule has 3 aliphatic rings. The van der Waals surface area contributed by atoms with Gasteiger partial charge in [-0.2, -0.15) is 4.31 Å². The Morgan fingerprint density at radius 2 is 1.55 bits per heavy atom. The molecule has 0 N–H and O–H groups in total. The molecule has 3 aliphatic heterocycles. The van der Waals surface area contributed by atoms with E-state index in [2.05, 4.69) is 4.90 Å². The average molecular weight is 442 g/mol. The molecule has 0 radical (unpaired) electrons. The Labute approximate surface area is 172 Å². The number of piperazine rings is 1. The Morgan fingerprint density at radius 1 is 0.931 bits per heavy atom. The van der Waals surface area contributed by atoms with Crippen molar-refractivity contribution in [2.24, 2.45) is 0 Å². The highest BCUT2D eigenvalue weighted by Gasteiger charge is 2.34. The van der Waals surface area contributed by atoms with Gasteiger partial charge in [0.15, 0.2) is 9.84 Å². The molecule has 1 aromatic rings. The molecule has 10 heteroatoms. The molecule has 8 nitrogen and oxygen atoms in total. The fourth-order valence-corrected chi connectivity index (χ4v) is 7.66. The van der Waals surface area contributed by atoms with Crippen LogP contribution >= 0.6 is 0 Å². The molecular formula is C19H27N3O5S2. The van der Waals surface area contributed by atoms with Gasteiger partial charge in [-0.05, 0) is 43.5 Å². The van der Waals surface area contributed by atoms with E-state index in [1.807, 2.05) is 0 Å². The first-order chi connectivity index (χ1) is 13.8. The van der Waals surface area contributed by atoms with Gasteiger partial charge >= 0.3 is 0 Å². The van der Waals surface area contributed by atoms with Crippen LogP contribution in [0.5, 0.6) is 0 Å². The molecule has 0 spiro atoms. The summed E-state index contributed by atoms with van der Waals surface area (Å²) in [4.78, 5) is 16.9. The van der Waals surface area contributed by atoms with E-state index in [4.69, 9.17) is 0 Å². The molecule has 1 unspecified atom stereocenters. The lowest BCUT2D eigenvalue weighted by Crippen LogP contribution is -2.52. The van der Waals surface area contributed by atoms with E-state index in [1.165, 1.54) is 16.4 Å². The SMILES string of the molecule is O=C(c1ccc(S(=O)(=O)N2CCCC2)cc1)N1CCN(C2CCS(=O)(=O)C2)CC1. The Morgan fingerprint density at radius 3 is 2.10 bits per heavy atom. The van der Waals surface area contributed by atoms with Gasteiger partial charge < -0.3 is 4.90 Å². The Kier molecular flexibility index (Phi) is 5.71. The molecule has 160 valence electrons. The first-order valence-corrected chi connectivity index (χ1v) is 13.4. The van der Waals surface area contributed by atoms with Gasteiger partial charge in [-0.15, -0.1) is 0 Å². The largest absolute Gasteiger partial charge is 0.336 e. The fraction of sp³-hybridized carbons (Fsp3) is 0.632. The van der Waals surface area contributed by atoms with Crippen molar-refractivity contribution < 1.29 is 21.6 Å². The summed E-state index contributed by atoms with van der Waals surface area (Å²) in [6.45, 7) is 3.51. The molecule has 1 amide bonds. The summed E-state index contributed by atoms with van der Waals surface area (Å²) < 4.78 is 50.1. The number of benzene rings is 1. The molecule has 0 bridgehead atoms. The number of carbonyl (C=O) groups excluding carboxylic acids is 1. The van der Waals surface area contributed by atoms with E-state index in [9.17, 15) is 21.6 Å². The number of hydrogen-bond donors (Lipinski definition) is 0. The van der Waals surface area contributed by atoms with Gasteiger partial charge in [0, 0.05) is 50.9 Å². The van der Waals surface area contributed by atoms with Crippen LogP contribution in [0.1, 0.15) is 29.6 Å². The molecule has 3 fully saturated rings. The molecular weight excluding hydrogens is 414 g/mol.